The Labute approximate surface area is 176 Å². The summed E-state index contributed by atoms with van der Waals surface area (Å²) in [4.78, 5) is 30.4. The highest BCUT2D eigenvalue weighted by Crippen LogP contribution is 2.48. The second-order valence-electron chi connectivity index (χ2n) is 8.27. The van der Waals surface area contributed by atoms with Crippen molar-refractivity contribution in [3.63, 3.8) is 0 Å². The number of carbonyl (C=O) groups excluding carboxylic acids is 1. The molecular weight excluding hydrogens is 382 g/mol. The van der Waals surface area contributed by atoms with Gasteiger partial charge in [0.2, 0.25) is 5.91 Å². The molecule has 1 aromatic carbocycles. The molecule has 2 bridgehead atoms. The molecule has 7 heteroatoms. The Hall–Kier alpha value is -2.64. The van der Waals surface area contributed by atoms with Crippen LogP contribution >= 0.6 is 0 Å². The van der Waals surface area contributed by atoms with Crippen molar-refractivity contribution in [3.8, 4) is 16.9 Å². The average molecular weight is 412 g/mol. The fourth-order valence-electron chi connectivity index (χ4n) is 5.25. The SMILES string of the molecule is CCN1[C@@H]2c3ccc(-c4cccc(OC)c4)c(=O)n3C[C@H]1[C@H](CO)[C@H]2C(=O)N(C)C. The first kappa shape index (κ1) is 20.6. The van der Waals surface area contributed by atoms with Gasteiger partial charge in [-0.15, -0.1) is 0 Å². The van der Waals surface area contributed by atoms with E-state index in [1.807, 2.05) is 41.0 Å². The standard InChI is InChI=1S/C23H29N3O4/c1-5-25-19-12-26-18(21(25)20(17(19)13-27)23(29)24(2)3)10-9-16(22(26)28)14-7-6-8-15(11-14)30-4/h6-11,17,19-21,27H,5,12-13H2,1-4H3/t17-,19-,20+,21+/m0/s1. The first-order chi connectivity index (χ1) is 14.4. The number of benzene rings is 1. The van der Waals surface area contributed by atoms with Gasteiger partial charge in [0, 0.05) is 50.5 Å². The fraction of sp³-hybridized carbons (Fsp3) is 0.478. The predicted molar refractivity (Wildman–Crippen MR) is 114 cm³/mol. The van der Waals surface area contributed by atoms with E-state index in [2.05, 4.69) is 11.8 Å². The van der Waals surface area contributed by atoms with E-state index in [1.54, 1.807) is 26.1 Å². The molecule has 0 radical (unpaired) electrons. The minimum absolute atomic E-state index is 0.00206. The zero-order chi connectivity index (χ0) is 21.6. The predicted octanol–water partition coefficient (Wildman–Crippen LogP) is 1.60. The van der Waals surface area contributed by atoms with Gasteiger partial charge in [0.25, 0.3) is 5.56 Å². The molecule has 2 aromatic rings. The molecule has 4 rings (SSSR count). The molecule has 0 saturated carbocycles. The van der Waals surface area contributed by atoms with Crippen LogP contribution in [0.25, 0.3) is 11.1 Å². The molecule has 2 aliphatic rings. The van der Waals surface area contributed by atoms with E-state index >= 15 is 0 Å². The van der Waals surface area contributed by atoms with Gasteiger partial charge in [0.05, 0.1) is 19.1 Å². The van der Waals surface area contributed by atoms with E-state index in [-0.39, 0.29) is 42.0 Å². The zero-order valence-corrected chi connectivity index (χ0v) is 17.9. The number of nitrogens with zero attached hydrogens (tertiary/aromatic N) is 3. The van der Waals surface area contributed by atoms with E-state index in [4.69, 9.17) is 4.74 Å². The summed E-state index contributed by atoms with van der Waals surface area (Å²) in [6.45, 7) is 3.22. The summed E-state index contributed by atoms with van der Waals surface area (Å²) in [5.74, 6) is 0.122. The van der Waals surface area contributed by atoms with Gasteiger partial charge in [-0.25, -0.2) is 0 Å². The Morgan fingerprint density at radius 1 is 1.27 bits per heavy atom. The maximum Gasteiger partial charge on any atom is 0.258 e. The molecule has 1 fully saturated rings. The van der Waals surface area contributed by atoms with Crippen molar-refractivity contribution in [2.45, 2.75) is 25.6 Å². The third-order valence-corrected chi connectivity index (χ3v) is 6.64. The first-order valence-corrected chi connectivity index (χ1v) is 10.4. The van der Waals surface area contributed by atoms with Crippen LogP contribution in [-0.2, 0) is 11.3 Å². The van der Waals surface area contributed by atoms with Crippen LogP contribution in [0, 0.1) is 11.8 Å². The van der Waals surface area contributed by atoms with Crippen LogP contribution in [0.5, 0.6) is 5.75 Å². The molecule has 7 nitrogen and oxygen atoms in total. The third kappa shape index (κ3) is 3.04. The summed E-state index contributed by atoms with van der Waals surface area (Å²) in [6, 6.07) is 11.0. The number of carbonyl (C=O) groups is 1. The number of aromatic nitrogens is 1. The summed E-state index contributed by atoms with van der Waals surface area (Å²) < 4.78 is 7.12. The van der Waals surface area contributed by atoms with Crippen molar-refractivity contribution in [1.82, 2.24) is 14.4 Å². The van der Waals surface area contributed by atoms with E-state index < -0.39 is 0 Å². The number of hydrogen-bond acceptors (Lipinski definition) is 5. The minimum Gasteiger partial charge on any atom is -0.497 e. The largest absolute Gasteiger partial charge is 0.497 e. The van der Waals surface area contributed by atoms with Gasteiger partial charge in [-0.2, -0.15) is 0 Å². The maximum atomic E-state index is 13.5. The van der Waals surface area contributed by atoms with Crippen molar-refractivity contribution >= 4 is 5.91 Å². The van der Waals surface area contributed by atoms with Gasteiger partial charge in [0.15, 0.2) is 0 Å². The first-order valence-electron chi connectivity index (χ1n) is 10.4. The summed E-state index contributed by atoms with van der Waals surface area (Å²) >= 11 is 0. The topological polar surface area (TPSA) is 75.0 Å². The second kappa shape index (κ2) is 7.89. The van der Waals surface area contributed by atoms with E-state index in [0.717, 1.165) is 17.8 Å². The molecular formula is C23H29N3O4. The number of rotatable bonds is 5. The Balaban J connectivity index is 1.85. The van der Waals surface area contributed by atoms with Crippen molar-refractivity contribution < 1.29 is 14.6 Å². The number of methoxy groups -OCH3 is 1. The molecule has 1 N–H and O–H groups in total. The van der Waals surface area contributed by atoms with Gasteiger partial charge in [-0.3, -0.25) is 14.5 Å². The molecule has 0 aliphatic carbocycles. The fourth-order valence-corrected chi connectivity index (χ4v) is 5.25. The number of ether oxygens (including phenoxy) is 1. The van der Waals surface area contributed by atoms with Gasteiger partial charge in [-0.1, -0.05) is 19.1 Å². The van der Waals surface area contributed by atoms with Crippen LogP contribution < -0.4 is 10.3 Å². The van der Waals surface area contributed by atoms with Crippen molar-refractivity contribution in [3.05, 3.63) is 52.4 Å². The molecule has 160 valence electrons. The summed E-state index contributed by atoms with van der Waals surface area (Å²) in [7, 11) is 5.09. The normalized spacial score (nSPS) is 25.1. The van der Waals surface area contributed by atoms with Gasteiger partial charge in [-0.05, 0) is 36.4 Å². The lowest BCUT2D eigenvalue weighted by Crippen LogP contribution is -2.46. The lowest BCUT2D eigenvalue weighted by Gasteiger charge is -2.37. The van der Waals surface area contributed by atoms with Crippen molar-refractivity contribution in [2.24, 2.45) is 11.8 Å². The van der Waals surface area contributed by atoms with Gasteiger partial charge < -0.3 is 19.3 Å². The lowest BCUT2D eigenvalue weighted by molar-refractivity contribution is -0.135. The van der Waals surface area contributed by atoms with Crippen LogP contribution in [0.3, 0.4) is 0 Å². The van der Waals surface area contributed by atoms with Crippen LogP contribution in [-0.4, -0.2) is 65.8 Å². The van der Waals surface area contributed by atoms with Gasteiger partial charge >= 0.3 is 0 Å². The second-order valence-corrected chi connectivity index (χ2v) is 8.27. The van der Waals surface area contributed by atoms with Crippen molar-refractivity contribution in [1.29, 1.82) is 0 Å². The molecule has 1 saturated heterocycles. The average Bonchev–Trinajstić information content (AvgIpc) is 2.98. The lowest BCUT2D eigenvalue weighted by atomic mass is 9.86. The van der Waals surface area contributed by atoms with Crippen LogP contribution in [0.2, 0.25) is 0 Å². The van der Waals surface area contributed by atoms with Gasteiger partial charge in [0.1, 0.15) is 5.75 Å². The number of amides is 1. The van der Waals surface area contributed by atoms with E-state index in [1.165, 1.54) is 0 Å². The third-order valence-electron chi connectivity index (χ3n) is 6.64. The Morgan fingerprint density at radius 3 is 2.67 bits per heavy atom. The maximum absolute atomic E-state index is 13.5. The van der Waals surface area contributed by atoms with E-state index in [9.17, 15) is 14.7 Å². The monoisotopic (exact) mass is 411 g/mol. The van der Waals surface area contributed by atoms with Crippen LogP contribution in [0.4, 0.5) is 0 Å². The molecule has 4 atom stereocenters. The van der Waals surface area contributed by atoms with E-state index in [0.29, 0.717) is 17.9 Å². The number of likely N-dealkylation sites (N-methyl/N-ethyl adjacent to an activating group) is 1. The molecule has 0 unspecified atom stereocenters. The Morgan fingerprint density at radius 2 is 2.03 bits per heavy atom. The molecule has 1 aromatic heterocycles. The summed E-state index contributed by atoms with van der Waals surface area (Å²) in [5, 5.41) is 10.2. The Kier molecular flexibility index (Phi) is 5.42. The van der Waals surface area contributed by atoms with Crippen molar-refractivity contribution in [2.75, 3.05) is 34.4 Å². The summed E-state index contributed by atoms with van der Waals surface area (Å²) in [6.07, 6.45) is 0. The zero-order valence-electron chi connectivity index (χ0n) is 17.9. The highest BCUT2D eigenvalue weighted by atomic mass is 16.5. The molecule has 3 heterocycles. The number of fused-ring (bicyclic) bond motifs is 4. The Bertz CT molecular complexity index is 1020. The number of pyridine rings is 1. The number of hydrogen-bond donors (Lipinski definition) is 1. The molecule has 1 amide bonds. The molecule has 30 heavy (non-hydrogen) atoms. The number of aliphatic hydroxyl groups excluding tert-OH is 1. The quantitative estimate of drug-likeness (QED) is 0.809. The van der Waals surface area contributed by atoms with Crippen LogP contribution in [0.1, 0.15) is 18.7 Å². The minimum atomic E-state index is -0.370. The van der Waals surface area contributed by atoms with Crippen LogP contribution in [0.15, 0.2) is 41.2 Å². The highest BCUT2D eigenvalue weighted by molar-refractivity contribution is 5.80. The number of aliphatic hydroxyl groups is 1. The molecule has 0 spiro atoms. The summed E-state index contributed by atoms with van der Waals surface area (Å²) in [5.41, 5.74) is 2.19. The highest BCUT2D eigenvalue weighted by Gasteiger charge is 2.55. The molecule has 2 aliphatic heterocycles. The smallest absolute Gasteiger partial charge is 0.258 e.